The van der Waals surface area contributed by atoms with Gasteiger partial charge in [-0.2, -0.15) is 9.57 Å². The summed E-state index contributed by atoms with van der Waals surface area (Å²) >= 11 is 0. The molecule has 0 aromatic heterocycles. The quantitative estimate of drug-likeness (QED) is 0.723. The van der Waals surface area contributed by atoms with E-state index >= 15 is 0 Å². The molecule has 8 heteroatoms. The number of hydrogen-bond donors (Lipinski definition) is 0. The van der Waals surface area contributed by atoms with Gasteiger partial charge in [0.1, 0.15) is 5.41 Å². The summed E-state index contributed by atoms with van der Waals surface area (Å²) in [5, 5.41) is 9.53. The first-order valence-corrected chi connectivity index (χ1v) is 10.9. The Morgan fingerprint density at radius 2 is 1.76 bits per heavy atom. The summed E-state index contributed by atoms with van der Waals surface area (Å²) in [5.74, 6) is -0.0307. The van der Waals surface area contributed by atoms with Crippen molar-refractivity contribution in [2.75, 3.05) is 45.6 Å². The maximum atomic E-state index is 12.9. The van der Waals surface area contributed by atoms with Crippen molar-refractivity contribution in [1.82, 2.24) is 9.21 Å². The van der Waals surface area contributed by atoms with Crippen molar-refractivity contribution in [3.05, 3.63) is 0 Å². The topological polar surface area (TPSA) is 90.7 Å². The third kappa shape index (κ3) is 3.69. The molecule has 0 N–H and O–H groups in total. The van der Waals surface area contributed by atoms with Gasteiger partial charge in [0.15, 0.2) is 0 Å². The Hall–Kier alpha value is -1.17. The molecule has 0 atom stereocenters. The standard InChI is InChI=1S/C17H27N3O4S/c1-25(22,23)20-10-11-24-14-16(13-20)6-8-19(9-7-16)15(21)17(12-18)4-2-3-5-17/h2-11,13-14H2,1H3. The van der Waals surface area contributed by atoms with Crippen LogP contribution < -0.4 is 0 Å². The zero-order valence-electron chi connectivity index (χ0n) is 14.9. The van der Waals surface area contributed by atoms with Crippen LogP contribution >= 0.6 is 0 Å². The lowest BCUT2D eigenvalue weighted by atomic mass is 9.77. The minimum absolute atomic E-state index is 0.0307. The first kappa shape index (κ1) is 18.6. The van der Waals surface area contributed by atoms with Crippen molar-refractivity contribution in [1.29, 1.82) is 5.26 Å². The second-order valence-electron chi connectivity index (χ2n) is 7.84. The zero-order valence-corrected chi connectivity index (χ0v) is 15.7. The summed E-state index contributed by atoms with van der Waals surface area (Å²) in [5.41, 5.74) is -1.06. The molecule has 0 unspecified atom stereocenters. The molecule has 2 aliphatic heterocycles. The summed E-state index contributed by atoms with van der Waals surface area (Å²) in [6, 6.07) is 2.28. The van der Waals surface area contributed by atoms with Crippen LogP contribution in [-0.4, -0.2) is 69.2 Å². The van der Waals surface area contributed by atoms with Crippen LogP contribution in [0.3, 0.4) is 0 Å². The second-order valence-corrected chi connectivity index (χ2v) is 9.82. The number of carbonyl (C=O) groups excluding carboxylic acids is 1. The van der Waals surface area contributed by atoms with E-state index in [-0.39, 0.29) is 11.3 Å². The fourth-order valence-electron chi connectivity index (χ4n) is 4.38. The number of amides is 1. The summed E-state index contributed by atoms with van der Waals surface area (Å²) in [7, 11) is -3.25. The first-order chi connectivity index (χ1) is 11.8. The van der Waals surface area contributed by atoms with Crippen LogP contribution in [0, 0.1) is 22.2 Å². The molecule has 7 nitrogen and oxygen atoms in total. The van der Waals surface area contributed by atoms with Gasteiger partial charge in [-0.05, 0) is 25.7 Å². The van der Waals surface area contributed by atoms with Crippen LogP contribution in [0.5, 0.6) is 0 Å². The van der Waals surface area contributed by atoms with Crippen LogP contribution in [-0.2, 0) is 19.6 Å². The highest BCUT2D eigenvalue weighted by Crippen LogP contribution is 2.41. The third-order valence-electron chi connectivity index (χ3n) is 6.07. The van der Waals surface area contributed by atoms with E-state index < -0.39 is 15.4 Å². The fourth-order valence-corrected chi connectivity index (χ4v) is 5.29. The van der Waals surface area contributed by atoms with Crippen LogP contribution in [0.4, 0.5) is 0 Å². The van der Waals surface area contributed by atoms with E-state index in [1.807, 2.05) is 4.90 Å². The van der Waals surface area contributed by atoms with E-state index in [4.69, 9.17) is 4.74 Å². The largest absolute Gasteiger partial charge is 0.379 e. The Balaban J connectivity index is 1.68. The molecular formula is C17H27N3O4S. The SMILES string of the molecule is CS(=O)(=O)N1CCOCC2(CCN(C(=O)C3(C#N)CCCC3)CC2)C1. The van der Waals surface area contributed by atoms with Gasteiger partial charge < -0.3 is 9.64 Å². The number of ether oxygens (including phenoxy) is 1. The van der Waals surface area contributed by atoms with Crippen molar-refractivity contribution < 1.29 is 17.9 Å². The van der Waals surface area contributed by atoms with Gasteiger partial charge in [0, 0.05) is 31.6 Å². The van der Waals surface area contributed by atoms with Gasteiger partial charge in [0.2, 0.25) is 15.9 Å². The van der Waals surface area contributed by atoms with Gasteiger partial charge in [-0.15, -0.1) is 0 Å². The number of sulfonamides is 1. The van der Waals surface area contributed by atoms with Crippen LogP contribution in [0.15, 0.2) is 0 Å². The second kappa shape index (κ2) is 6.86. The van der Waals surface area contributed by atoms with Gasteiger partial charge in [0.25, 0.3) is 0 Å². The third-order valence-corrected chi connectivity index (χ3v) is 7.32. The van der Waals surface area contributed by atoms with E-state index in [0.29, 0.717) is 65.1 Å². The fraction of sp³-hybridized carbons (Fsp3) is 0.882. The molecule has 1 saturated carbocycles. The molecule has 0 aromatic rings. The highest BCUT2D eigenvalue weighted by atomic mass is 32.2. The van der Waals surface area contributed by atoms with Crippen LogP contribution in [0.2, 0.25) is 0 Å². The summed E-state index contributed by atoms with van der Waals surface area (Å²) < 4.78 is 31.1. The molecule has 0 radical (unpaired) electrons. The Labute approximate surface area is 150 Å². The molecule has 2 heterocycles. The Morgan fingerprint density at radius 3 is 2.32 bits per heavy atom. The molecule has 1 aliphatic carbocycles. The minimum Gasteiger partial charge on any atom is -0.379 e. The number of nitriles is 1. The highest BCUT2D eigenvalue weighted by Gasteiger charge is 2.47. The predicted molar refractivity (Wildman–Crippen MR) is 92.0 cm³/mol. The number of piperidine rings is 1. The molecule has 0 aromatic carbocycles. The number of nitrogens with zero attached hydrogens (tertiary/aromatic N) is 3. The Bertz CT molecular complexity index is 656. The lowest BCUT2D eigenvalue weighted by molar-refractivity contribution is -0.141. The lowest BCUT2D eigenvalue weighted by Gasteiger charge is -2.43. The number of rotatable bonds is 2. The summed E-state index contributed by atoms with van der Waals surface area (Å²) in [6.45, 7) is 2.93. The van der Waals surface area contributed by atoms with E-state index in [1.165, 1.54) is 10.6 Å². The highest BCUT2D eigenvalue weighted by molar-refractivity contribution is 7.88. The van der Waals surface area contributed by atoms with Crippen molar-refractivity contribution in [3.8, 4) is 6.07 Å². The van der Waals surface area contributed by atoms with E-state index in [2.05, 4.69) is 6.07 Å². The average Bonchev–Trinajstić information content (AvgIpc) is 2.98. The molecule has 25 heavy (non-hydrogen) atoms. The molecule has 140 valence electrons. The van der Waals surface area contributed by atoms with Crippen molar-refractivity contribution in [2.45, 2.75) is 38.5 Å². The molecule has 3 fully saturated rings. The normalized spacial score (nSPS) is 27.0. The van der Waals surface area contributed by atoms with Gasteiger partial charge in [-0.25, -0.2) is 8.42 Å². The minimum atomic E-state index is -3.25. The summed E-state index contributed by atoms with van der Waals surface area (Å²) in [4.78, 5) is 14.7. The zero-order chi connectivity index (χ0) is 18.1. The lowest BCUT2D eigenvalue weighted by Crippen LogP contribution is -2.52. The first-order valence-electron chi connectivity index (χ1n) is 9.04. The van der Waals surface area contributed by atoms with Crippen molar-refractivity contribution in [2.24, 2.45) is 10.8 Å². The maximum absolute atomic E-state index is 12.9. The predicted octanol–water partition coefficient (Wildman–Crippen LogP) is 0.971. The van der Waals surface area contributed by atoms with Gasteiger partial charge in [-0.3, -0.25) is 4.79 Å². The van der Waals surface area contributed by atoms with Crippen molar-refractivity contribution >= 4 is 15.9 Å². The van der Waals surface area contributed by atoms with Crippen molar-refractivity contribution in [3.63, 3.8) is 0 Å². The smallest absolute Gasteiger partial charge is 0.243 e. The molecule has 1 spiro atoms. The van der Waals surface area contributed by atoms with Gasteiger partial charge in [-0.1, -0.05) is 12.8 Å². The van der Waals surface area contributed by atoms with Crippen LogP contribution in [0.1, 0.15) is 38.5 Å². The Morgan fingerprint density at radius 1 is 1.12 bits per heavy atom. The molecule has 3 rings (SSSR count). The number of hydrogen-bond acceptors (Lipinski definition) is 5. The number of carbonyl (C=O) groups is 1. The molecule has 3 aliphatic rings. The van der Waals surface area contributed by atoms with Crippen LogP contribution in [0.25, 0.3) is 0 Å². The van der Waals surface area contributed by atoms with E-state index in [9.17, 15) is 18.5 Å². The number of likely N-dealkylation sites (tertiary alicyclic amines) is 1. The van der Waals surface area contributed by atoms with Gasteiger partial charge >= 0.3 is 0 Å². The Kier molecular flexibility index (Phi) is 5.11. The van der Waals surface area contributed by atoms with Gasteiger partial charge in [0.05, 0.1) is 25.5 Å². The molecule has 0 bridgehead atoms. The maximum Gasteiger partial charge on any atom is 0.243 e. The molecule has 1 amide bonds. The molecule has 2 saturated heterocycles. The van der Waals surface area contributed by atoms with E-state index in [1.54, 1.807) is 0 Å². The van der Waals surface area contributed by atoms with E-state index in [0.717, 1.165) is 12.8 Å². The summed E-state index contributed by atoms with van der Waals surface area (Å²) in [6.07, 6.45) is 5.87. The molecular weight excluding hydrogens is 342 g/mol. The monoisotopic (exact) mass is 369 g/mol. The average molecular weight is 369 g/mol.